The van der Waals surface area contributed by atoms with Crippen molar-refractivity contribution in [3.8, 4) is 169 Å². The SMILES string of the molecule is c1ccc(-c2cc(-c3ccc(-c4ccc(-c5ccc(-c6cc(-c7ccccc7)nc(-c7ccc(-c8cccc9cccc(-c%10nc(-c%11ccccc%11)nc(-c%11ccccc%11)n%10)c89)cc7)c6)cc5)c5cccc(-c6nc(-c7ccccc7)nc(-c7ccccc7)n6)c45)cc3)cc(-c3ccccc3)n2)cc1. The van der Waals surface area contributed by atoms with Crippen molar-refractivity contribution in [3.05, 3.63) is 376 Å². The maximum absolute atomic E-state index is 5.39. The Kier molecular flexibility index (Phi) is 16.5. The third kappa shape index (κ3) is 12.5. The minimum Gasteiger partial charge on any atom is -0.248 e. The van der Waals surface area contributed by atoms with Gasteiger partial charge in [-0.05, 0) is 90.7 Å². The van der Waals surface area contributed by atoms with Gasteiger partial charge in [-0.25, -0.2) is 39.9 Å². The fraction of sp³-hybridized carbons (Fsp3) is 0. The van der Waals surface area contributed by atoms with E-state index in [-0.39, 0.29) is 0 Å². The highest BCUT2D eigenvalue weighted by molar-refractivity contribution is 6.12. The zero-order valence-electron chi connectivity index (χ0n) is 56.4. The molecule has 0 bridgehead atoms. The standard InChI is InChI=1S/C96H62N8/c1-8-25-68(26-9-1)85-59-77(60-86(97-85)69-27-10-2-11-28-69)64-47-51-67(52-48-64)81-58-57-79(82-42-24-44-84(90(81)82)96-103-93(75-35-18-6-19-36-75)100-94(104-96)76-37-20-7-21-38-76)65-49-45-63(46-50-65)78-61-87(70-29-12-3-13-30-70)98-88(62-78)71-55-53-66(54-56-71)80-41-22-39-72-40-23-43-83(89(72)80)95-101-91(73-31-14-4-15-32-73)99-92(102-95)74-33-16-5-17-34-74/h1-62H. The Labute approximate surface area is 602 Å². The summed E-state index contributed by atoms with van der Waals surface area (Å²) >= 11 is 0. The van der Waals surface area contributed by atoms with Gasteiger partial charge in [0.2, 0.25) is 0 Å². The molecule has 0 saturated carbocycles. The van der Waals surface area contributed by atoms with E-state index in [2.05, 4.69) is 261 Å². The topological polar surface area (TPSA) is 103 Å². The summed E-state index contributed by atoms with van der Waals surface area (Å²) in [6, 6.07) is 131. The molecule has 0 aliphatic heterocycles. The summed E-state index contributed by atoms with van der Waals surface area (Å²) in [6.45, 7) is 0. The molecule has 14 aromatic carbocycles. The van der Waals surface area contributed by atoms with Crippen molar-refractivity contribution in [2.24, 2.45) is 0 Å². The van der Waals surface area contributed by atoms with Gasteiger partial charge < -0.3 is 0 Å². The van der Waals surface area contributed by atoms with Crippen LogP contribution in [0.3, 0.4) is 0 Å². The van der Waals surface area contributed by atoms with Gasteiger partial charge in [0.1, 0.15) is 0 Å². The zero-order valence-corrected chi connectivity index (χ0v) is 56.4. The van der Waals surface area contributed by atoms with Crippen LogP contribution in [-0.2, 0) is 0 Å². The molecular formula is C96H62N8. The average molecular weight is 1330 g/mol. The van der Waals surface area contributed by atoms with Crippen LogP contribution in [0.5, 0.6) is 0 Å². The number of pyridine rings is 2. The van der Waals surface area contributed by atoms with E-state index < -0.39 is 0 Å². The maximum atomic E-state index is 5.39. The van der Waals surface area contributed by atoms with E-state index >= 15 is 0 Å². The summed E-state index contributed by atoms with van der Waals surface area (Å²) in [5.74, 6) is 3.63. The van der Waals surface area contributed by atoms with Crippen LogP contribution < -0.4 is 0 Å². The normalized spacial score (nSPS) is 11.3. The van der Waals surface area contributed by atoms with E-state index in [9.17, 15) is 0 Å². The Balaban J connectivity index is 0.729. The Hall–Kier alpha value is -14.1. The lowest BCUT2D eigenvalue weighted by atomic mass is 9.88. The Morgan fingerprint density at radius 1 is 0.135 bits per heavy atom. The Morgan fingerprint density at radius 2 is 0.394 bits per heavy atom. The highest BCUT2D eigenvalue weighted by Crippen LogP contribution is 2.44. The second kappa shape index (κ2) is 27.6. The lowest BCUT2D eigenvalue weighted by Gasteiger charge is -2.17. The predicted molar refractivity (Wildman–Crippen MR) is 425 cm³/mol. The van der Waals surface area contributed by atoms with E-state index in [0.29, 0.717) is 34.9 Å². The first kappa shape index (κ1) is 62.2. The lowest BCUT2D eigenvalue weighted by molar-refractivity contribution is 1.08. The molecule has 0 fully saturated rings. The molecule has 0 spiro atoms. The minimum absolute atomic E-state index is 0.583. The van der Waals surface area contributed by atoms with Crippen LogP contribution in [0.1, 0.15) is 0 Å². The maximum Gasteiger partial charge on any atom is 0.164 e. The summed E-state index contributed by atoms with van der Waals surface area (Å²) in [7, 11) is 0. The summed E-state index contributed by atoms with van der Waals surface area (Å²) in [4.78, 5) is 41.7. The second-order valence-corrected chi connectivity index (χ2v) is 25.8. The molecule has 4 heterocycles. The average Bonchev–Trinajstić information content (AvgIpc) is 0.762. The minimum atomic E-state index is 0.583. The van der Waals surface area contributed by atoms with Gasteiger partial charge in [0.25, 0.3) is 0 Å². The van der Waals surface area contributed by atoms with Crippen molar-refractivity contribution in [1.82, 2.24) is 39.9 Å². The quantitative estimate of drug-likeness (QED) is 0.1000. The van der Waals surface area contributed by atoms with Gasteiger partial charge in [-0.15, -0.1) is 0 Å². The van der Waals surface area contributed by atoms with Gasteiger partial charge in [0, 0.05) is 66.4 Å². The van der Waals surface area contributed by atoms with Gasteiger partial charge in [0.15, 0.2) is 34.9 Å². The van der Waals surface area contributed by atoms with Gasteiger partial charge in [-0.2, -0.15) is 0 Å². The molecule has 0 unspecified atom stereocenters. The molecule has 8 nitrogen and oxygen atoms in total. The molecule has 0 amide bonds. The van der Waals surface area contributed by atoms with Crippen molar-refractivity contribution in [2.45, 2.75) is 0 Å². The third-order valence-electron chi connectivity index (χ3n) is 19.2. The summed E-state index contributed by atoms with van der Waals surface area (Å²) in [6.07, 6.45) is 0. The Bertz CT molecular complexity index is 5970. The highest BCUT2D eigenvalue weighted by Gasteiger charge is 2.22. The molecule has 8 heteroatoms. The van der Waals surface area contributed by atoms with Crippen LogP contribution in [0.2, 0.25) is 0 Å². The number of nitrogens with zero attached hydrogens (tertiary/aromatic N) is 8. The van der Waals surface area contributed by atoms with E-state index in [1.807, 2.05) is 115 Å². The van der Waals surface area contributed by atoms with Crippen molar-refractivity contribution < 1.29 is 0 Å². The fourth-order valence-corrected chi connectivity index (χ4v) is 14.0. The molecule has 0 N–H and O–H groups in total. The molecule has 0 atom stereocenters. The van der Waals surface area contributed by atoms with Crippen LogP contribution in [0, 0.1) is 0 Å². The van der Waals surface area contributed by atoms with Crippen molar-refractivity contribution in [3.63, 3.8) is 0 Å². The molecule has 18 aromatic rings. The molecule has 18 rings (SSSR count). The molecule has 0 radical (unpaired) electrons. The Morgan fingerprint density at radius 3 is 0.760 bits per heavy atom. The van der Waals surface area contributed by atoms with Crippen LogP contribution in [0.25, 0.3) is 191 Å². The monoisotopic (exact) mass is 1330 g/mol. The van der Waals surface area contributed by atoms with E-state index in [1.54, 1.807) is 0 Å². The number of aromatic nitrogens is 8. The zero-order chi connectivity index (χ0) is 69.1. The molecule has 4 aromatic heterocycles. The fourth-order valence-electron chi connectivity index (χ4n) is 14.0. The number of fused-ring (bicyclic) bond motifs is 2. The summed E-state index contributed by atoms with van der Waals surface area (Å²) in [5.41, 5.74) is 23.9. The smallest absolute Gasteiger partial charge is 0.164 e. The number of hydrogen-bond acceptors (Lipinski definition) is 8. The van der Waals surface area contributed by atoms with Gasteiger partial charge in [0.05, 0.1) is 22.8 Å². The predicted octanol–water partition coefficient (Wildman–Crippen LogP) is 24.2. The molecular weight excluding hydrogens is 1270 g/mol. The highest BCUT2D eigenvalue weighted by atomic mass is 15.0. The largest absolute Gasteiger partial charge is 0.248 e. The van der Waals surface area contributed by atoms with Crippen molar-refractivity contribution in [1.29, 1.82) is 0 Å². The molecule has 0 aliphatic rings. The first-order chi connectivity index (χ1) is 51.5. The van der Waals surface area contributed by atoms with E-state index in [1.165, 1.54) is 0 Å². The van der Waals surface area contributed by atoms with Gasteiger partial charge >= 0.3 is 0 Å². The first-order valence-corrected chi connectivity index (χ1v) is 34.9. The van der Waals surface area contributed by atoms with Crippen LogP contribution in [-0.4, -0.2) is 39.9 Å². The van der Waals surface area contributed by atoms with E-state index in [0.717, 1.165) is 156 Å². The number of benzene rings is 14. The van der Waals surface area contributed by atoms with Gasteiger partial charge in [-0.1, -0.05) is 352 Å². The number of rotatable bonds is 15. The van der Waals surface area contributed by atoms with Gasteiger partial charge in [-0.3, -0.25) is 0 Å². The van der Waals surface area contributed by atoms with Crippen LogP contribution in [0.15, 0.2) is 376 Å². The van der Waals surface area contributed by atoms with Crippen LogP contribution in [0.4, 0.5) is 0 Å². The molecule has 104 heavy (non-hydrogen) atoms. The first-order valence-electron chi connectivity index (χ1n) is 34.9. The van der Waals surface area contributed by atoms with E-state index in [4.69, 9.17) is 39.9 Å². The number of hydrogen-bond donors (Lipinski definition) is 0. The molecule has 486 valence electrons. The second-order valence-electron chi connectivity index (χ2n) is 25.8. The summed E-state index contributed by atoms with van der Waals surface area (Å²) in [5, 5.41) is 4.25. The lowest BCUT2D eigenvalue weighted by Crippen LogP contribution is -2.01. The molecule has 0 saturated heterocycles. The van der Waals surface area contributed by atoms with Crippen molar-refractivity contribution in [2.75, 3.05) is 0 Å². The molecule has 0 aliphatic carbocycles. The third-order valence-corrected chi connectivity index (χ3v) is 19.2. The summed E-state index contributed by atoms with van der Waals surface area (Å²) < 4.78 is 0. The van der Waals surface area contributed by atoms with Crippen molar-refractivity contribution >= 4 is 21.5 Å². The van der Waals surface area contributed by atoms with Crippen LogP contribution >= 0.6 is 0 Å².